The summed E-state index contributed by atoms with van der Waals surface area (Å²) >= 11 is 0. The lowest BCUT2D eigenvalue weighted by Crippen LogP contribution is -2.34. The van der Waals surface area contributed by atoms with E-state index in [2.05, 4.69) is 23.7 Å². The minimum Gasteiger partial charge on any atom is -0.397 e. The first-order valence-electron chi connectivity index (χ1n) is 6.15. The highest BCUT2D eigenvalue weighted by molar-refractivity contribution is 5.52. The van der Waals surface area contributed by atoms with Crippen molar-refractivity contribution < 1.29 is 0 Å². The van der Waals surface area contributed by atoms with Crippen LogP contribution in [-0.4, -0.2) is 17.1 Å². The molecular weight excluding hydrogens is 198 g/mol. The van der Waals surface area contributed by atoms with Crippen LogP contribution >= 0.6 is 0 Å². The first kappa shape index (κ1) is 11.2. The zero-order valence-corrected chi connectivity index (χ0v) is 10.4. The average Bonchev–Trinajstić information content (AvgIpc) is 2.64. The molecule has 0 amide bonds. The highest BCUT2D eigenvalue weighted by Gasteiger charge is 2.30. The van der Waals surface area contributed by atoms with Gasteiger partial charge in [-0.3, -0.25) is 0 Å². The van der Waals surface area contributed by atoms with Gasteiger partial charge < -0.3 is 10.6 Å². The van der Waals surface area contributed by atoms with Crippen LogP contribution in [0.15, 0.2) is 12.1 Å². The molecule has 1 aliphatic rings. The predicted molar refractivity (Wildman–Crippen MR) is 68.6 cm³/mol. The van der Waals surface area contributed by atoms with Gasteiger partial charge in [0, 0.05) is 12.1 Å². The van der Waals surface area contributed by atoms with Gasteiger partial charge in [-0.25, -0.2) is 4.98 Å². The third kappa shape index (κ3) is 1.86. The van der Waals surface area contributed by atoms with E-state index in [0.29, 0.717) is 12.1 Å². The van der Waals surface area contributed by atoms with Crippen LogP contribution in [0.25, 0.3) is 0 Å². The van der Waals surface area contributed by atoms with Gasteiger partial charge in [0.1, 0.15) is 5.82 Å². The molecular formula is C13H21N3. The van der Waals surface area contributed by atoms with E-state index in [9.17, 15) is 0 Å². The van der Waals surface area contributed by atoms with Crippen LogP contribution in [0.5, 0.6) is 0 Å². The zero-order chi connectivity index (χ0) is 11.7. The van der Waals surface area contributed by atoms with E-state index in [1.54, 1.807) is 0 Å². The van der Waals surface area contributed by atoms with Gasteiger partial charge >= 0.3 is 0 Å². The fraction of sp³-hybridized carbons (Fsp3) is 0.615. The van der Waals surface area contributed by atoms with Gasteiger partial charge in [-0.15, -0.1) is 0 Å². The van der Waals surface area contributed by atoms with E-state index in [1.807, 2.05) is 19.1 Å². The standard InChI is InChI=1S/C13H21N3/c1-4-11-6-5-9(2)16(11)13-8-7-12(14)10(3)15-13/h7-9,11H,4-6,14H2,1-3H3. The second kappa shape index (κ2) is 4.32. The highest BCUT2D eigenvalue weighted by atomic mass is 15.3. The molecule has 2 unspecified atom stereocenters. The highest BCUT2D eigenvalue weighted by Crippen LogP contribution is 2.31. The molecule has 3 nitrogen and oxygen atoms in total. The average molecular weight is 219 g/mol. The monoisotopic (exact) mass is 219 g/mol. The Hall–Kier alpha value is -1.25. The Morgan fingerprint density at radius 2 is 2.19 bits per heavy atom. The molecule has 0 aliphatic carbocycles. The summed E-state index contributed by atoms with van der Waals surface area (Å²) in [6.45, 7) is 6.50. The SMILES string of the molecule is CCC1CCC(C)N1c1ccc(N)c(C)n1. The molecule has 16 heavy (non-hydrogen) atoms. The summed E-state index contributed by atoms with van der Waals surface area (Å²) in [5.41, 5.74) is 7.53. The number of pyridine rings is 1. The van der Waals surface area contributed by atoms with E-state index < -0.39 is 0 Å². The van der Waals surface area contributed by atoms with Crippen molar-refractivity contribution in [2.45, 2.75) is 52.1 Å². The summed E-state index contributed by atoms with van der Waals surface area (Å²) in [5.74, 6) is 1.09. The third-order valence-electron chi connectivity index (χ3n) is 3.63. The second-order valence-corrected chi connectivity index (χ2v) is 4.74. The number of hydrogen-bond donors (Lipinski definition) is 1. The molecule has 2 heterocycles. The molecule has 1 aromatic heterocycles. The lowest BCUT2D eigenvalue weighted by atomic mass is 10.1. The van der Waals surface area contributed by atoms with Gasteiger partial charge in [-0.1, -0.05) is 6.92 Å². The molecule has 88 valence electrons. The summed E-state index contributed by atoms with van der Waals surface area (Å²) < 4.78 is 0. The third-order valence-corrected chi connectivity index (χ3v) is 3.63. The molecule has 0 spiro atoms. The number of hydrogen-bond acceptors (Lipinski definition) is 3. The van der Waals surface area contributed by atoms with Crippen molar-refractivity contribution in [2.24, 2.45) is 0 Å². The lowest BCUT2D eigenvalue weighted by molar-refractivity contribution is 0.620. The number of nitrogen functional groups attached to an aromatic ring is 1. The Bertz CT molecular complexity index is 375. The molecule has 0 radical (unpaired) electrons. The first-order chi connectivity index (χ1) is 7.63. The van der Waals surface area contributed by atoms with Gasteiger partial charge in [0.2, 0.25) is 0 Å². The molecule has 2 N–H and O–H groups in total. The van der Waals surface area contributed by atoms with E-state index >= 15 is 0 Å². The van der Waals surface area contributed by atoms with Crippen LogP contribution in [0.1, 0.15) is 38.8 Å². The van der Waals surface area contributed by atoms with Crippen LogP contribution in [0.2, 0.25) is 0 Å². The minimum atomic E-state index is 0.598. The Kier molecular flexibility index (Phi) is 3.03. The van der Waals surface area contributed by atoms with E-state index in [0.717, 1.165) is 17.2 Å². The van der Waals surface area contributed by atoms with Crippen LogP contribution in [0.4, 0.5) is 11.5 Å². The number of nitrogens with two attached hydrogens (primary N) is 1. The van der Waals surface area contributed by atoms with Crippen LogP contribution < -0.4 is 10.6 Å². The Morgan fingerprint density at radius 1 is 1.44 bits per heavy atom. The van der Waals surface area contributed by atoms with E-state index in [4.69, 9.17) is 5.73 Å². The fourth-order valence-corrected chi connectivity index (χ4v) is 2.59. The van der Waals surface area contributed by atoms with Crippen LogP contribution in [0.3, 0.4) is 0 Å². The van der Waals surface area contributed by atoms with Gasteiger partial charge in [0.25, 0.3) is 0 Å². The predicted octanol–water partition coefficient (Wildman–Crippen LogP) is 2.74. The smallest absolute Gasteiger partial charge is 0.129 e. The Labute approximate surface area is 97.7 Å². The minimum absolute atomic E-state index is 0.598. The van der Waals surface area contributed by atoms with Crippen LogP contribution in [-0.2, 0) is 0 Å². The second-order valence-electron chi connectivity index (χ2n) is 4.74. The lowest BCUT2D eigenvalue weighted by Gasteiger charge is -2.29. The molecule has 0 saturated carbocycles. The largest absolute Gasteiger partial charge is 0.397 e. The normalized spacial score (nSPS) is 25.1. The molecule has 0 aromatic carbocycles. The summed E-state index contributed by atoms with van der Waals surface area (Å²) in [4.78, 5) is 7.06. The van der Waals surface area contributed by atoms with Crippen molar-refractivity contribution in [3.8, 4) is 0 Å². The zero-order valence-electron chi connectivity index (χ0n) is 10.4. The number of anilines is 2. The van der Waals surface area contributed by atoms with Gasteiger partial charge in [0.15, 0.2) is 0 Å². The molecule has 1 fully saturated rings. The molecule has 0 bridgehead atoms. The number of nitrogens with zero attached hydrogens (tertiary/aromatic N) is 2. The van der Waals surface area contributed by atoms with Crippen molar-refractivity contribution >= 4 is 11.5 Å². The maximum Gasteiger partial charge on any atom is 0.129 e. The molecule has 1 aromatic rings. The van der Waals surface area contributed by atoms with Gasteiger partial charge in [-0.05, 0) is 45.2 Å². The Balaban J connectivity index is 2.31. The topological polar surface area (TPSA) is 42.1 Å². The van der Waals surface area contributed by atoms with E-state index in [1.165, 1.54) is 19.3 Å². The van der Waals surface area contributed by atoms with E-state index in [-0.39, 0.29) is 0 Å². The van der Waals surface area contributed by atoms with Crippen molar-refractivity contribution in [1.82, 2.24) is 4.98 Å². The molecule has 1 aliphatic heterocycles. The summed E-state index contributed by atoms with van der Waals surface area (Å²) in [5, 5.41) is 0. The number of aromatic nitrogens is 1. The summed E-state index contributed by atoms with van der Waals surface area (Å²) in [6.07, 6.45) is 3.74. The quantitative estimate of drug-likeness (QED) is 0.831. The number of aryl methyl sites for hydroxylation is 1. The van der Waals surface area contributed by atoms with Gasteiger partial charge in [0.05, 0.1) is 11.4 Å². The molecule has 1 saturated heterocycles. The van der Waals surface area contributed by atoms with Crippen molar-refractivity contribution in [3.05, 3.63) is 17.8 Å². The maximum atomic E-state index is 5.81. The first-order valence-corrected chi connectivity index (χ1v) is 6.15. The van der Waals surface area contributed by atoms with Crippen LogP contribution in [0, 0.1) is 6.92 Å². The summed E-state index contributed by atoms with van der Waals surface area (Å²) in [6, 6.07) is 5.26. The summed E-state index contributed by atoms with van der Waals surface area (Å²) in [7, 11) is 0. The van der Waals surface area contributed by atoms with Gasteiger partial charge in [-0.2, -0.15) is 0 Å². The van der Waals surface area contributed by atoms with Crippen molar-refractivity contribution in [2.75, 3.05) is 10.6 Å². The number of rotatable bonds is 2. The van der Waals surface area contributed by atoms with Crippen molar-refractivity contribution in [1.29, 1.82) is 0 Å². The maximum absolute atomic E-state index is 5.81. The fourth-order valence-electron chi connectivity index (χ4n) is 2.59. The molecule has 2 rings (SSSR count). The van der Waals surface area contributed by atoms with Crippen molar-refractivity contribution in [3.63, 3.8) is 0 Å². The Morgan fingerprint density at radius 3 is 2.81 bits per heavy atom. The molecule has 3 heteroatoms. The molecule has 2 atom stereocenters.